The number of rotatable bonds is 12. The molecule has 0 atom stereocenters. The lowest BCUT2D eigenvalue weighted by molar-refractivity contribution is 0.250. The van der Waals surface area contributed by atoms with Gasteiger partial charge in [0.25, 0.3) is 0 Å². The number of nitrogens with one attached hydrogen (secondary N) is 2. The SMILES string of the molecule is N#CNC(=NCCCCCCN(Cc1ccccc1)Cc1ccccc1)Nc1ccncc1. The highest BCUT2D eigenvalue weighted by molar-refractivity contribution is 5.94. The summed E-state index contributed by atoms with van der Waals surface area (Å²) in [4.78, 5) is 11.0. The molecule has 0 fully saturated rings. The molecule has 0 aliphatic heterocycles. The van der Waals surface area contributed by atoms with Gasteiger partial charge in [-0.2, -0.15) is 5.26 Å². The van der Waals surface area contributed by atoms with Crippen molar-refractivity contribution >= 4 is 11.6 Å². The van der Waals surface area contributed by atoms with Gasteiger partial charge >= 0.3 is 0 Å². The quantitative estimate of drug-likeness (QED) is 0.133. The van der Waals surface area contributed by atoms with Gasteiger partial charge in [0.2, 0.25) is 5.96 Å². The molecule has 2 N–H and O–H groups in total. The maximum absolute atomic E-state index is 8.95. The van der Waals surface area contributed by atoms with E-state index in [1.807, 2.05) is 18.3 Å². The highest BCUT2D eigenvalue weighted by Gasteiger charge is 2.07. The number of aliphatic imine (C=N–C) groups is 1. The zero-order valence-electron chi connectivity index (χ0n) is 19.0. The molecule has 6 nitrogen and oxygen atoms in total. The van der Waals surface area contributed by atoms with Crippen molar-refractivity contribution in [1.82, 2.24) is 15.2 Å². The van der Waals surface area contributed by atoms with Crippen LogP contribution in [0.15, 0.2) is 90.2 Å². The summed E-state index contributed by atoms with van der Waals surface area (Å²) >= 11 is 0. The standard InChI is InChI=1S/C27H32N6/c28-23-31-27(32-26-15-18-29-19-16-26)30-17-9-1-2-10-20-33(21-24-11-5-3-6-12-24)22-25-13-7-4-8-14-25/h3-8,11-16,18-19H,1-2,9-10,17,20-22H2,(H2,29,30,31,32). The van der Waals surface area contributed by atoms with E-state index in [0.29, 0.717) is 12.5 Å². The van der Waals surface area contributed by atoms with Crippen LogP contribution in [0.5, 0.6) is 0 Å². The third-order valence-electron chi connectivity index (χ3n) is 5.27. The number of benzene rings is 2. The van der Waals surface area contributed by atoms with Crippen LogP contribution in [0.4, 0.5) is 5.69 Å². The first-order valence-corrected chi connectivity index (χ1v) is 11.5. The Morgan fingerprint density at radius 1 is 0.818 bits per heavy atom. The van der Waals surface area contributed by atoms with Crippen molar-refractivity contribution in [3.8, 4) is 6.19 Å². The lowest BCUT2D eigenvalue weighted by atomic mass is 10.1. The third kappa shape index (κ3) is 9.55. The van der Waals surface area contributed by atoms with Crippen molar-refractivity contribution in [2.75, 3.05) is 18.4 Å². The molecule has 3 aromatic rings. The second-order valence-corrected chi connectivity index (χ2v) is 7.92. The first-order chi connectivity index (χ1) is 16.3. The molecule has 0 bridgehead atoms. The Morgan fingerprint density at radius 2 is 1.42 bits per heavy atom. The molecular weight excluding hydrogens is 408 g/mol. The zero-order valence-corrected chi connectivity index (χ0v) is 19.0. The van der Waals surface area contributed by atoms with Crippen LogP contribution in [0.25, 0.3) is 0 Å². The fourth-order valence-corrected chi connectivity index (χ4v) is 3.62. The predicted molar refractivity (Wildman–Crippen MR) is 134 cm³/mol. The van der Waals surface area contributed by atoms with Crippen molar-refractivity contribution < 1.29 is 0 Å². The Kier molecular flexibility index (Phi) is 10.4. The van der Waals surface area contributed by atoms with Crippen LogP contribution in [0.2, 0.25) is 0 Å². The van der Waals surface area contributed by atoms with Gasteiger partial charge in [0.05, 0.1) is 0 Å². The minimum atomic E-state index is 0.473. The van der Waals surface area contributed by atoms with E-state index in [9.17, 15) is 0 Å². The molecule has 3 rings (SSSR count). The molecule has 0 unspecified atom stereocenters. The van der Waals surface area contributed by atoms with Crippen LogP contribution in [0.1, 0.15) is 36.8 Å². The van der Waals surface area contributed by atoms with Crippen LogP contribution >= 0.6 is 0 Å². The molecule has 0 aliphatic carbocycles. The normalized spacial score (nSPS) is 11.2. The average Bonchev–Trinajstić information content (AvgIpc) is 2.85. The van der Waals surface area contributed by atoms with Crippen LogP contribution in [-0.4, -0.2) is 28.9 Å². The first kappa shape index (κ1) is 24.0. The second-order valence-electron chi connectivity index (χ2n) is 7.92. The summed E-state index contributed by atoms with van der Waals surface area (Å²) in [5, 5.41) is 14.7. The highest BCUT2D eigenvalue weighted by Crippen LogP contribution is 2.12. The zero-order chi connectivity index (χ0) is 23.0. The van der Waals surface area contributed by atoms with Gasteiger partial charge in [-0.3, -0.25) is 20.2 Å². The maximum atomic E-state index is 8.95. The molecule has 170 valence electrons. The third-order valence-corrected chi connectivity index (χ3v) is 5.27. The van der Waals surface area contributed by atoms with Gasteiger partial charge in [-0.1, -0.05) is 73.5 Å². The second kappa shape index (κ2) is 14.4. The molecule has 0 saturated carbocycles. The molecule has 1 heterocycles. The fraction of sp³-hybridized carbons (Fsp3) is 0.296. The molecule has 0 spiro atoms. The van der Waals surface area contributed by atoms with E-state index in [4.69, 9.17) is 5.26 Å². The molecule has 2 aromatic carbocycles. The van der Waals surface area contributed by atoms with Gasteiger partial charge < -0.3 is 5.32 Å². The number of guanidine groups is 1. The van der Waals surface area contributed by atoms with Crippen LogP contribution in [0.3, 0.4) is 0 Å². The van der Waals surface area contributed by atoms with Crippen molar-refractivity contribution in [3.63, 3.8) is 0 Å². The smallest absolute Gasteiger partial charge is 0.209 e. The molecule has 0 radical (unpaired) electrons. The van der Waals surface area contributed by atoms with E-state index in [1.54, 1.807) is 12.4 Å². The Morgan fingerprint density at radius 3 is 2.03 bits per heavy atom. The van der Waals surface area contributed by atoms with E-state index in [0.717, 1.165) is 51.0 Å². The monoisotopic (exact) mass is 440 g/mol. The van der Waals surface area contributed by atoms with Gasteiger partial charge in [0.15, 0.2) is 6.19 Å². The molecule has 6 heteroatoms. The number of nitrogens with zero attached hydrogens (tertiary/aromatic N) is 4. The minimum absolute atomic E-state index is 0.473. The summed E-state index contributed by atoms with van der Waals surface area (Å²) in [6.45, 7) is 3.67. The number of pyridine rings is 1. The van der Waals surface area contributed by atoms with E-state index < -0.39 is 0 Å². The largest absolute Gasteiger partial charge is 0.325 e. The van der Waals surface area contributed by atoms with Gasteiger partial charge in [0, 0.05) is 37.7 Å². The van der Waals surface area contributed by atoms with E-state index in [2.05, 4.69) is 86.2 Å². The summed E-state index contributed by atoms with van der Waals surface area (Å²) in [5.74, 6) is 0.473. The van der Waals surface area contributed by atoms with Gasteiger partial charge in [0.1, 0.15) is 0 Å². The van der Waals surface area contributed by atoms with Crippen LogP contribution < -0.4 is 10.6 Å². The molecule has 0 aliphatic rings. The van der Waals surface area contributed by atoms with Gasteiger partial charge in [-0.05, 0) is 42.6 Å². The average molecular weight is 441 g/mol. The summed E-state index contributed by atoms with van der Waals surface area (Å²) in [7, 11) is 0. The number of aromatic nitrogens is 1. The summed E-state index contributed by atoms with van der Waals surface area (Å²) in [6.07, 6.45) is 9.76. The molecule has 0 saturated heterocycles. The highest BCUT2D eigenvalue weighted by atomic mass is 15.2. The van der Waals surface area contributed by atoms with Crippen molar-refractivity contribution in [2.45, 2.75) is 38.8 Å². The number of hydrogen-bond donors (Lipinski definition) is 2. The van der Waals surface area contributed by atoms with Crippen molar-refractivity contribution in [2.24, 2.45) is 4.99 Å². The molecule has 33 heavy (non-hydrogen) atoms. The Bertz CT molecular complexity index is 942. The summed E-state index contributed by atoms with van der Waals surface area (Å²) in [5.41, 5.74) is 3.55. The van der Waals surface area contributed by atoms with Crippen molar-refractivity contribution in [3.05, 3.63) is 96.3 Å². The fourth-order valence-electron chi connectivity index (χ4n) is 3.62. The maximum Gasteiger partial charge on any atom is 0.209 e. The summed E-state index contributed by atoms with van der Waals surface area (Å²) in [6, 6.07) is 25.0. The molecule has 1 aromatic heterocycles. The lowest BCUT2D eigenvalue weighted by Crippen LogP contribution is -2.27. The lowest BCUT2D eigenvalue weighted by Gasteiger charge is -2.22. The van der Waals surface area contributed by atoms with E-state index in [-0.39, 0.29) is 0 Å². The Hall–Kier alpha value is -3.69. The Labute approximate surface area is 197 Å². The number of nitriles is 1. The number of unbranched alkanes of at least 4 members (excludes halogenated alkanes) is 3. The van der Waals surface area contributed by atoms with Crippen LogP contribution in [-0.2, 0) is 13.1 Å². The molecule has 0 amide bonds. The van der Waals surface area contributed by atoms with Gasteiger partial charge in [-0.25, -0.2) is 0 Å². The van der Waals surface area contributed by atoms with E-state index >= 15 is 0 Å². The topological polar surface area (TPSA) is 76.3 Å². The molecular formula is C27H32N6. The Balaban J connectivity index is 1.41. The minimum Gasteiger partial charge on any atom is -0.325 e. The van der Waals surface area contributed by atoms with E-state index in [1.165, 1.54) is 11.1 Å². The predicted octanol–water partition coefficient (Wildman–Crippen LogP) is 5.18. The first-order valence-electron chi connectivity index (χ1n) is 11.5. The number of anilines is 1. The summed E-state index contributed by atoms with van der Waals surface area (Å²) < 4.78 is 0. The van der Waals surface area contributed by atoms with Crippen LogP contribution in [0, 0.1) is 11.5 Å². The van der Waals surface area contributed by atoms with Crippen molar-refractivity contribution in [1.29, 1.82) is 5.26 Å². The number of hydrogen-bond acceptors (Lipinski definition) is 4. The van der Waals surface area contributed by atoms with Gasteiger partial charge in [-0.15, -0.1) is 0 Å².